The Labute approximate surface area is 90.7 Å². The topological polar surface area (TPSA) is 46.5 Å². The van der Waals surface area contributed by atoms with Crippen LogP contribution < -0.4 is 4.74 Å². The Morgan fingerprint density at radius 3 is 2.31 bits per heavy atom. The second-order valence-corrected chi connectivity index (χ2v) is 3.85. The highest BCUT2D eigenvalue weighted by molar-refractivity contribution is 5.71. The van der Waals surface area contributed by atoms with Crippen molar-refractivity contribution in [2.45, 2.75) is 18.9 Å². The van der Waals surface area contributed by atoms with E-state index in [1.165, 1.54) is 0 Å². The second-order valence-electron chi connectivity index (χ2n) is 3.85. The number of ether oxygens (including phenoxy) is 1. The number of hydrogen-bond acceptors (Lipinski definition) is 2. The number of rotatable bonds is 3. The first-order chi connectivity index (χ1) is 7.54. The molecule has 0 unspecified atom stereocenters. The minimum Gasteiger partial charge on any atom is -0.490 e. The van der Waals surface area contributed by atoms with Gasteiger partial charge >= 0.3 is 5.97 Å². The van der Waals surface area contributed by atoms with Crippen molar-refractivity contribution in [1.29, 1.82) is 0 Å². The van der Waals surface area contributed by atoms with Gasteiger partial charge in [-0.2, -0.15) is 0 Å². The zero-order valence-corrected chi connectivity index (χ0v) is 8.32. The SMILES string of the molecule is O=C(O)[C@H]1C[C@H](Oc2cc(F)cc(F)c2)C1. The lowest BCUT2D eigenvalue weighted by Crippen LogP contribution is -2.38. The molecule has 1 aliphatic carbocycles. The summed E-state index contributed by atoms with van der Waals surface area (Å²) in [5, 5.41) is 8.63. The number of halogens is 2. The van der Waals surface area contributed by atoms with Gasteiger partial charge in [-0.05, 0) is 12.8 Å². The standard InChI is InChI=1S/C11H10F2O3/c12-7-3-8(13)5-10(4-7)16-9-1-6(2-9)11(14)15/h3-6,9H,1-2H2,(H,14,15)/t6-,9-. The molecule has 0 saturated heterocycles. The summed E-state index contributed by atoms with van der Waals surface area (Å²) in [5.74, 6) is -2.56. The van der Waals surface area contributed by atoms with Crippen molar-refractivity contribution in [3.05, 3.63) is 29.8 Å². The minimum atomic E-state index is -0.856. The van der Waals surface area contributed by atoms with E-state index in [0.717, 1.165) is 18.2 Å². The van der Waals surface area contributed by atoms with Gasteiger partial charge in [0.05, 0.1) is 5.92 Å². The Balaban J connectivity index is 1.94. The molecule has 0 aromatic heterocycles. The van der Waals surface area contributed by atoms with Crippen molar-refractivity contribution >= 4 is 5.97 Å². The highest BCUT2D eigenvalue weighted by Gasteiger charge is 2.36. The van der Waals surface area contributed by atoms with Crippen molar-refractivity contribution in [1.82, 2.24) is 0 Å². The minimum absolute atomic E-state index is 0.103. The van der Waals surface area contributed by atoms with E-state index < -0.39 is 23.5 Å². The molecule has 1 aromatic rings. The molecule has 1 fully saturated rings. The predicted octanol–water partition coefficient (Wildman–Crippen LogP) is 2.21. The van der Waals surface area contributed by atoms with Crippen LogP contribution in [-0.4, -0.2) is 17.2 Å². The van der Waals surface area contributed by atoms with E-state index in [0.29, 0.717) is 12.8 Å². The summed E-state index contributed by atoms with van der Waals surface area (Å²) in [6.45, 7) is 0. The van der Waals surface area contributed by atoms with Crippen LogP contribution in [0.25, 0.3) is 0 Å². The maximum Gasteiger partial charge on any atom is 0.306 e. The van der Waals surface area contributed by atoms with E-state index in [9.17, 15) is 13.6 Å². The summed E-state index contributed by atoms with van der Waals surface area (Å²) in [5.41, 5.74) is 0. The Hall–Kier alpha value is -1.65. The van der Waals surface area contributed by atoms with Crippen LogP contribution in [0.1, 0.15) is 12.8 Å². The number of benzene rings is 1. The summed E-state index contributed by atoms with van der Waals surface area (Å²) < 4.78 is 30.8. The fourth-order valence-corrected chi connectivity index (χ4v) is 1.65. The molecule has 1 saturated carbocycles. The molecule has 1 aliphatic rings. The average Bonchev–Trinajstić information content (AvgIpc) is 2.08. The second kappa shape index (κ2) is 4.08. The van der Waals surface area contributed by atoms with Crippen molar-refractivity contribution in [2.75, 3.05) is 0 Å². The van der Waals surface area contributed by atoms with Gasteiger partial charge in [0.25, 0.3) is 0 Å². The quantitative estimate of drug-likeness (QED) is 0.862. The van der Waals surface area contributed by atoms with E-state index in [2.05, 4.69) is 0 Å². The summed E-state index contributed by atoms with van der Waals surface area (Å²) in [7, 11) is 0. The van der Waals surface area contributed by atoms with Crippen LogP contribution >= 0.6 is 0 Å². The number of carboxylic acids is 1. The van der Waals surface area contributed by atoms with E-state index in [4.69, 9.17) is 9.84 Å². The fourth-order valence-electron chi connectivity index (χ4n) is 1.65. The van der Waals surface area contributed by atoms with E-state index in [1.807, 2.05) is 0 Å². The zero-order valence-electron chi connectivity index (χ0n) is 8.32. The van der Waals surface area contributed by atoms with E-state index in [-0.39, 0.29) is 11.9 Å². The molecule has 1 aromatic carbocycles. The van der Waals surface area contributed by atoms with E-state index >= 15 is 0 Å². The molecule has 0 aliphatic heterocycles. The molecular formula is C11H10F2O3. The normalized spacial score (nSPS) is 23.6. The highest BCUT2D eigenvalue weighted by Crippen LogP contribution is 2.31. The fraction of sp³-hybridized carbons (Fsp3) is 0.364. The molecule has 0 heterocycles. The third-order valence-electron chi connectivity index (χ3n) is 2.58. The Morgan fingerprint density at radius 2 is 1.81 bits per heavy atom. The molecule has 86 valence electrons. The number of carbonyl (C=O) groups is 1. The maximum atomic E-state index is 12.8. The van der Waals surface area contributed by atoms with Gasteiger partial charge in [-0.1, -0.05) is 0 Å². The highest BCUT2D eigenvalue weighted by atomic mass is 19.1. The summed E-state index contributed by atoms with van der Waals surface area (Å²) >= 11 is 0. The third-order valence-corrected chi connectivity index (χ3v) is 2.58. The van der Waals surface area contributed by atoms with Gasteiger partial charge in [0.15, 0.2) is 0 Å². The smallest absolute Gasteiger partial charge is 0.306 e. The van der Waals surface area contributed by atoms with Gasteiger partial charge in [0.2, 0.25) is 0 Å². The number of hydrogen-bond donors (Lipinski definition) is 1. The van der Waals surface area contributed by atoms with Gasteiger partial charge in [-0.3, -0.25) is 4.79 Å². The Bertz CT molecular complexity index is 393. The van der Waals surface area contributed by atoms with Gasteiger partial charge in [-0.15, -0.1) is 0 Å². The zero-order chi connectivity index (χ0) is 11.7. The van der Waals surface area contributed by atoms with Crippen LogP contribution in [0.4, 0.5) is 8.78 Å². The maximum absolute atomic E-state index is 12.8. The van der Waals surface area contributed by atoms with Gasteiger partial charge in [0.1, 0.15) is 23.5 Å². The van der Waals surface area contributed by atoms with Crippen LogP contribution in [-0.2, 0) is 4.79 Å². The van der Waals surface area contributed by atoms with Crippen molar-refractivity contribution in [3.63, 3.8) is 0 Å². The molecule has 0 atom stereocenters. The van der Waals surface area contributed by atoms with Crippen LogP contribution in [0.15, 0.2) is 18.2 Å². The molecule has 0 radical (unpaired) electrons. The first kappa shape index (κ1) is 10.9. The van der Waals surface area contributed by atoms with Crippen molar-refractivity contribution < 1.29 is 23.4 Å². The predicted molar refractivity (Wildman–Crippen MR) is 51.1 cm³/mol. The van der Waals surface area contributed by atoms with Crippen LogP contribution in [0.2, 0.25) is 0 Å². The third kappa shape index (κ3) is 2.29. The van der Waals surface area contributed by atoms with Crippen LogP contribution in [0, 0.1) is 17.6 Å². The lowest BCUT2D eigenvalue weighted by molar-refractivity contribution is -0.147. The first-order valence-electron chi connectivity index (χ1n) is 4.90. The van der Waals surface area contributed by atoms with E-state index in [1.54, 1.807) is 0 Å². The molecule has 3 nitrogen and oxygen atoms in total. The molecule has 0 spiro atoms. The molecule has 16 heavy (non-hydrogen) atoms. The number of carboxylic acid groups (broad SMARTS) is 1. The molecule has 5 heteroatoms. The molecule has 0 amide bonds. The summed E-state index contributed by atoms with van der Waals surface area (Å²) in [6, 6.07) is 2.92. The molecular weight excluding hydrogens is 218 g/mol. The Kier molecular flexibility index (Phi) is 2.77. The lowest BCUT2D eigenvalue weighted by Gasteiger charge is -2.32. The van der Waals surface area contributed by atoms with Crippen molar-refractivity contribution in [3.8, 4) is 5.75 Å². The largest absolute Gasteiger partial charge is 0.490 e. The molecule has 2 rings (SSSR count). The molecule has 0 bridgehead atoms. The van der Waals surface area contributed by atoms with Crippen LogP contribution in [0.5, 0.6) is 5.75 Å². The summed E-state index contributed by atoms with van der Waals surface area (Å²) in [6.07, 6.45) is 0.503. The Morgan fingerprint density at radius 1 is 1.25 bits per heavy atom. The first-order valence-corrected chi connectivity index (χ1v) is 4.90. The average molecular weight is 228 g/mol. The lowest BCUT2D eigenvalue weighted by atomic mass is 9.82. The van der Waals surface area contributed by atoms with Gasteiger partial charge in [-0.25, -0.2) is 8.78 Å². The molecule has 1 N–H and O–H groups in total. The monoisotopic (exact) mass is 228 g/mol. The van der Waals surface area contributed by atoms with Crippen LogP contribution in [0.3, 0.4) is 0 Å². The van der Waals surface area contributed by atoms with Crippen molar-refractivity contribution in [2.24, 2.45) is 5.92 Å². The van der Waals surface area contributed by atoms with Gasteiger partial charge < -0.3 is 9.84 Å². The summed E-state index contributed by atoms with van der Waals surface area (Å²) in [4.78, 5) is 10.5. The van der Waals surface area contributed by atoms with Gasteiger partial charge in [0, 0.05) is 18.2 Å². The number of aliphatic carboxylic acids is 1.